The molecular weight excluding hydrogens is 190 g/mol. The molecule has 6 nitrogen and oxygen atoms in total. The van der Waals surface area contributed by atoms with Crippen LogP contribution in [-0.4, -0.2) is 35.5 Å². The third-order valence-electron chi connectivity index (χ3n) is 1.58. The SMILES string of the molecule is CC(=O)NC1=C[C@@H]([C@@H](O)C=O)OC1=O. The molecule has 0 saturated carbocycles. The molecule has 0 fully saturated rings. The number of cyclic esters (lactones) is 1. The molecule has 0 aliphatic carbocycles. The van der Waals surface area contributed by atoms with Crippen LogP contribution in [-0.2, 0) is 19.1 Å². The summed E-state index contributed by atoms with van der Waals surface area (Å²) < 4.78 is 4.60. The molecule has 1 amide bonds. The Kier molecular flexibility index (Phi) is 2.98. The molecule has 0 saturated heterocycles. The monoisotopic (exact) mass is 199 g/mol. The number of esters is 1. The smallest absolute Gasteiger partial charge is 0.355 e. The van der Waals surface area contributed by atoms with Crippen LogP contribution in [0.3, 0.4) is 0 Å². The highest BCUT2D eigenvalue weighted by Crippen LogP contribution is 2.13. The van der Waals surface area contributed by atoms with Gasteiger partial charge in [-0.25, -0.2) is 4.79 Å². The van der Waals surface area contributed by atoms with E-state index in [1.807, 2.05) is 0 Å². The maximum atomic E-state index is 11.0. The van der Waals surface area contributed by atoms with Gasteiger partial charge in [-0.3, -0.25) is 4.79 Å². The van der Waals surface area contributed by atoms with Gasteiger partial charge in [-0.15, -0.1) is 0 Å². The van der Waals surface area contributed by atoms with Crippen molar-refractivity contribution >= 4 is 18.2 Å². The van der Waals surface area contributed by atoms with E-state index in [2.05, 4.69) is 10.1 Å². The molecule has 76 valence electrons. The Morgan fingerprint density at radius 2 is 2.43 bits per heavy atom. The first kappa shape index (κ1) is 10.4. The number of aliphatic hydroxyl groups excluding tert-OH is 1. The van der Waals surface area contributed by atoms with Gasteiger partial charge in [0.25, 0.3) is 0 Å². The predicted octanol–water partition coefficient (Wildman–Crippen LogP) is -1.51. The Labute approximate surface area is 79.5 Å². The number of aliphatic hydroxyl groups is 1. The normalized spacial score (nSPS) is 22.3. The van der Waals surface area contributed by atoms with E-state index in [0.717, 1.165) is 0 Å². The number of hydrogen-bond donors (Lipinski definition) is 2. The van der Waals surface area contributed by atoms with Gasteiger partial charge in [0.1, 0.15) is 11.8 Å². The van der Waals surface area contributed by atoms with Gasteiger partial charge in [0.05, 0.1) is 0 Å². The number of aldehydes is 1. The van der Waals surface area contributed by atoms with Crippen molar-refractivity contribution in [2.45, 2.75) is 19.1 Å². The van der Waals surface area contributed by atoms with Crippen LogP contribution < -0.4 is 5.32 Å². The van der Waals surface area contributed by atoms with E-state index in [-0.39, 0.29) is 12.0 Å². The summed E-state index contributed by atoms with van der Waals surface area (Å²) in [6, 6.07) is 0. The molecule has 0 bridgehead atoms. The molecule has 14 heavy (non-hydrogen) atoms. The average Bonchev–Trinajstić information content (AvgIpc) is 2.46. The third-order valence-corrected chi connectivity index (χ3v) is 1.58. The van der Waals surface area contributed by atoms with Crippen molar-refractivity contribution in [1.29, 1.82) is 0 Å². The van der Waals surface area contributed by atoms with E-state index in [1.165, 1.54) is 13.0 Å². The van der Waals surface area contributed by atoms with Crippen LogP contribution in [0.4, 0.5) is 0 Å². The summed E-state index contributed by atoms with van der Waals surface area (Å²) in [7, 11) is 0. The van der Waals surface area contributed by atoms with E-state index in [9.17, 15) is 14.4 Å². The number of carbonyl (C=O) groups is 3. The van der Waals surface area contributed by atoms with Gasteiger partial charge in [0.15, 0.2) is 12.4 Å². The maximum Gasteiger partial charge on any atom is 0.355 e. The Balaban J connectivity index is 2.71. The van der Waals surface area contributed by atoms with Crippen LogP contribution >= 0.6 is 0 Å². The van der Waals surface area contributed by atoms with Crippen molar-refractivity contribution in [1.82, 2.24) is 5.32 Å². The summed E-state index contributed by atoms with van der Waals surface area (Å²) in [5.74, 6) is -1.18. The van der Waals surface area contributed by atoms with Crippen LogP contribution in [0.25, 0.3) is 0 Å². The zero-order chi connectivity index (χ0) is 10.7. The van der Waals surface area contributed by atoms with Crippen molar-refractivity contribution in [3.05, 3.63) is 11.8 Å². The lowest BCUT2D eigenvalue weighted by atomic mass is 10.2. The number of amides is 1. The number of rotatable bonds is 3. The topological polar surface area (TPSA) is 92.7 Å². The molecule has 1 aliphatic rings. The maximum absolute atomic E-state index is 11.0. The lowest BCUT2D eigenvalue weighted by Crippen LogP contribution is -2.26. The second-order valence-corrected chi connectivity index (χ2v) is 2.76. The standard InChI is InChI=1S/C8H9NO5/c1-4(11)9-5-2-7(6(12)3-10)14-8(5)13/h2-3,6-7,12H,1H3,(H,9,11)/t6-,7-/m0/s1. The fourth-order valence-electron chi connectivity index (χ4n) is 0.981. The fourth-order valence-corrected chi connectivity index (χ4v) is 0.981. The molecule has 0 unspecified atom stereocenters. The van der Waals surface area contributed by atoms with Crippen LogP contribution in [0.15, 0.2) is 11.8 Å². The summed E-state index contributed by atoms with van der Waals surface area (Å²) in [6.45, 7) is 1.23. The van der Waals surface area contributed by atoms with Crippen molar-refractivity contribution < 1.29 is 24.2 Å². The number of carbonyl (C=O) groups excluding carboxylic acids is 3. The number of ether oxygens (including phenoxy) is 1. The van der Waals surface area contributed by atoms with Crippen molar-refractivity contribution in [2.24, 2.45) is 0 Å². The van der Waals surface area contributed by atoms with Crippen LogP contribution in [0, 0.1) is 0 Å². The zero-order valence-corrected chi connectivity index (χ0v) is 7.39. The van der Waals surface area contributed by atoms with Crippen molar-refractivity contribution in [3.63, 3.8) is 0 Å². The zero-order valence-electron chi connectivity index (χ0n) is 7.39. The summed E-state index contributed by atoms with van der Waals surface area (Å²) in [6.07, 6.45) is -0.958. The van der Waals surface area contributed by atoms with Gasteiger partial charge >= 0.3 is 5.97 Å². The summed E-state index contributed by atoms with van der Waals surface area (Å²) in [5, 5.41) is 11.2. The largest absolute Gasteiger partial charge is 0.450 e. The second-order valence-electron chi connectivity index (χ2n) is 2.76. The minimum atomic E-state index is -1.40. The van der Waals surface area contributed by atoms with Crippen LogP contribution in [0.5, 0.6) is 0 Å². The minimum absolute atomic E-state index is 0.0524. The van der Waals surface area contributed by atoms with Gasteiger partial charge in [0.2, 0.25) is 5.91 Å². The number of hydrogen-bond acceptors (Lipinski definition) is 5. The first-order valence-electron chi connectivity index (χ1n) is 3.88. The van der Waals surface area contributed by atoms with E-state index in [1.54, 1.807) is 0 Å². The van der Waals surface area contributed by atoms with Gasteiger partial charge in [-0.2, -0.15) is 0 Å². The Morgan fingerprint density at radius 3 is 2.93 bits per heavy atom. The summed E-state index contributed by atoms with van der Waals surface area (Å²) >= 11 is 0. The molecule has 2 atom stereocenters. The van der Waals surface area contributed by atoms with E-state index >= 15 is 0 Å². The first-order chi connectivity index (χ1) is 6.54. The van der Waals surface area contributed by atoms with E-state index < -0.39 is 24.1 Å². The molecule has 2 N–H and O–H groups in total. The summed E-state index contributed by atoms with van der Waals surface area (Å²) in [5.41, 5.74) is -0.0524. The van der Waals surface area contributed by atoms with Gasteiger partial charge in [-0.1, -0.05) is 0 Å². The Bertz CT molecular complexity index is 309. The molecule has 0 aromatic heterocycles. The number of nitrogens with one attached hydrogen (secondary N) is 1. The van der Waals surface area contributed by atoms with Crippen molar-refractivity contribution in [2.75, 3.05) is 0 Å². The molecule has 0 spiro atoms. The second kappa shape index (κ2) is 4.01. The van der Waals surface area contributed by atoms with E-state index in [4.69, 9.17) is 5.11 Å². The molecular formula is C8H9NO5. The fraction of sp³-hybridized carbons (Fsp3) is 0.375. The highest BCUT2D eigenvalue weighted by molar-refractivity contribution is 5.95. The van der Waals surface area contributed by atoms with E-state index in [0.29, 0.717) is 0 Å². The lowest BCUT2D eigenvalue weighted by Gasteiger charge is -2.08. The predicted molar refractivity (Wildman–Crippen MR) is 43.9 cm³/mol. The van der Waals surface area contributed by atoms with Gasteiger partial charge < -0.3 is 20.0 Å². The molecule has 1 aliphatic heterocycles. The van der Waals surface area contributed by atoms with Crippen molar-refractivity contribution in [3.8, 4) is 0 Å². The van der Waals surface area contributed by atoms with Crippen LogP contribution in [0.2, 0.25) is 0 Å². The molecule has 1 rings (SSSR count). The Morgan fingerprint density at radius 1 is 1.79 bits per heavy atom. The molecule has 0 aromatic carbocycles. The molecule has 6 heteroatoms. The first-order valence-corrected chi connectivity index (χ1v) is 3.88. The highest BCUT2D eigenvalue weighted by atomic mass is 16.6. The highest BCUT2D eigenvalue weighted by Gasteiger charge is 2.30. The van der Waals surface area contributed by atoms with Gasteiger partial charge in [-0.05, 0) is 6.08 Å². The Hall–Kier alpha value is -1.69. The van der Waals surface area contributed by atoms with Crippen LogP contribution in [0.1, 0.15) is 6.92 Å². The molecule has 0 radical (unpaired) electrons. The summed E-state index contributed by atoms with van der Waals surface area (Å²) in [4.78, 5) is 31.8. The quantitative estimate of drug-likeness (QED) is 0.426. The third kappa shape index (κ3) is 2.17. The molecule has 1 heterocycles. The van der Waals surface area contributed by atoms with Gasteiger partial charge in [0, 0.05) is 6.92 Å². The minimum Gasteiger partial charge on any atom is -0.450 e. The average molecular weight is 199 g/mol. The lowest BCUT2D eigenvalue weighted by molar-refractivity contribution is -0.145. The molecule has 0 aromatic rings.